The van der Waals surface area contributed by atoms with Gasteiger partial charge in [0.15, 0.2) is 0 Å². The van der Waals surface area contributed by atoms with Gasteiger partial charge in [-0.3, -0.25) is 4.79 Å². The zero-order valence-corrected chi connectivity index (χ0v) is 17.0. The zero-order chi connectivity index (χ0) is 18.4. The molecule has 4 nitrogen and oxygen atoms in total. The molecule has 24 heavy (non-hydrogen) atoms. The van der Waals surface area contributed by atoms with Gasteiger partial charge in [-0.2, -0.15) is 8.42 Å². The van der Waals surface area contributed by atoms with E-state index in [0.29, 0.717) is 12.8 Å². The second kappa shape index (κ2) is 13.7. The molecule has 2 atom stereocenters. The van der Waals surface area contributed by atoms with Crippen LogP contribution in [0.4, 0.5) is 0 Å². The lowest BCUT2D eigenvalue weighted by molar-refractivity contribution is -0.138. The fourth-order valence-corrected chi connectivity index (χ4v) is 3.79. The van der Waals surface area contributed by atoms with Gasteiger partial charge in [0.25, 0.3) is 0 Å². The van der Waals surface area contributed by atoms with Gasteiger partial charge >= 0.3 is 16.1 Å². The van der Waals surface area contributed by atoms with Gasteiger partial charge in [-0.1, -0.05) is 85.0 Å². The lowest BCUT2D eigenvalue weighted by Crippen LogP contribution is -2.26. The molecular weight excluding hydrogens is 324 g/mol. The van der Waals surface area contributed by atoms with Crippen LogP contribution >= 0.6 is 0 Å². The molecular formula is C19H38O4S. The Morgan fingerprint density at radius 2 is 1.29 bits per heavy atom. The van der Waals surface area contributed by atoms with Crippen molar-refractivity contribution in [1.82, 2.24) is 0 Å². The second-order valence-corrected chi connectivity index (χ2v) is 8.97. The second-order valence-electron chi connectivity index (χ2n) is 7.01. The van der Waals surface area contributed by atoms with Gasteiger partial charge < -0.3 is 4.18 Å². The predicted molar refractivity (Wildman–Crippen MR) is 100 cm³/mol. The fraction of sp³-hybridized carbons (Fsp3) is 0.947. The van der Waals surface area contributed by atoms with Crippen molar-refractivity contribution in [2.45, 2.75) is 110 Å². The van der Waals surface area contributed by atoms with Crippen LogP contribution < -0.4 is 0 Å². The molecule has 0 N–H and O–H groups in total. The molecule has 0 rings (SSSR count). The van der Waals surface area contributed by atoms with E-state index in [1.165, 1.54) is 44.9 Å². The Balaban J connectivity index is 3.84. The van der Waals surface area contributed by atoms with E-state index in [1.807, 2.05) is 6.92 Å². The van der Waals surface area contributed by atoms with Gasteiger partial charge in [0.05, 0.1) is 11.2 Å². The molecule has 0 aromatic heterocycles. The Bertz CT molecular complexity index is 417. The van der Waals surface area contributed by atoms with E-state index < -0.39 is 21.3 Å². The Kier molecular flexibility index (Phi) is 13.4. The van der Waals surface area contributed by atoms with Crippen molar-refractivity contribution in [2.75, 3.05) is 0 Å². The standard InChI is InChI=1S/C19H38O4S/c1-5-7-8-9-10-11-12-13-14-16-17(3)19(20)23-24(21,22)18(4)15-6-2/h17-18H,5-16H2,1-4H3. The van der Waals surface area contributed by atoms with E-state index in [4.69, 9.17) is 4.18 Å². The minimum atomic E-state index is -3.77. The van der Waals surface area contributed by atoms with Crippen LogP contribution in [-0.2, 0) is 19.1 Å². The summed E-state index contributed by atoms with van der Waals surface area (Å²) >= 11 is 0. The monoisotopic (exact) mass is 362 g/mol. The average molecular weight is 363 g/mol. The minimum Gasteiger partial charge on any atom is -0.345 e. The van der Waals surface area contributed by atoms with E-state index in [9.17, 15) is 13.2 Å². The number of rotatable bonds is 15. The number of carbonyl (C=O) groups excluding carboxylic acids is 1. The number of carbonyl (C=O) groups is 1. The lowest BCUT2D eigenvalue weighted by atomic mass is 10.0. The minimum absolute atomic E-state index is 0.349. The number of hydrogen-bond donors (Lipinski definition) is 0. The van der Waals surface area contributed by atoms with Crippen molar-refractivity contribution in [3.05, 3.63) is 0 Å². The molecule has 5 heteroatoms. The predicted octanol–water partition coefficient (Wildman–Crippen LogP) is 5.61. The molecule has 0 aliphatic carbocycles. The van der Waals surface area contributed by atoms with Crippen LogP contribution in [0.3, 0.4) is 0 Å². The SMILES string of the molecule is CCCCCCCCCCCC(C)C(=O)OS(=O)(=O)C(C)CCC. The van der Waals surface area contributed by atoms with Crippen LogP contribution in [0.15, 0.2) is 0 Å². The van der Waals surface area contributed by atoms with Crippen LogP contribution in [0.2, 0.25) is 0 Å². The summed E-state index contributed by atoms with van der Waals surface area (Å²) in [6.07, 6.45) is 13.0. The van der Waals surface area contributed by atoms with E-state index in [-0.39, 0.29) is 5.92 Å². The summed E-state index contributed by atoms with van der Waals surface area (Å²) in [5.41, 5.74) is 0. The maximum absolute atomic E-state index is 11.9. The largest absolute Gasteiger partial charge is 0.345 e. The fourth-order valence-electron chi connectivity index (χ4n) is 2.71. The van der Waals surface area contributed by atoms with Crippen molar-refractivity contribution in [1.29, 1.82) is 0 Å². The van der Waals surface area contributed by atoms with Gasteiger partial charge in [0.1, 0.15) is 0 Å². The third kappa shape index (κ3) is 11.1. The maximum atomic E-state index is 11.9. The highest BCUT2D eigenvalue weighted by Gasteiger charge is 2.27. The van der Waals surface area contributed by atoms with Gasteiger partial charge in [-0.05, 0) is 19.8 Å². The van der Waals surface area contributed by atoms with Gasteiger partial charge in [0, 0.05) is 0 Å². The van der Waals surface area contributed by atoms with Crippen molar-refractivity contribution in [3.8, 4) is 0 Å². The Morgan fingerprint density at radius 3 is 1.79 bits per heavy atom. The molecule has 0 aliphatic rings. The molecule has 2 unspecified atom stereocenters. The highest BCUT2D eigenvalue weighted by molar-refractivity contribution is 7.87. The molecule has 0 spiro atoms. The van der Waals surface area contributed by atoms with Crippen LogP contribution in [0.25, 0.3) is 0 Å². The molecule has 0 saturated heterocycles. The molecule has 0 aliphatic heterocycles. The van der Waals surface area contributed by atoms with E-state index >= 15 is 0 Å². The molecule has 0 aromatic rings. The Morgan fingerprint density at radius 1 is 0.792 bits per heavy atom. The summed E-state index contributed by atoms with van der Waals surface area (Å²) < 4.78 is 28.6. The molecule has 0 saturated carbocycles. The summed E-state index contributed by atoms with van der Waals surface area (Å²) in [4.78, 5) is 11.9. The quantitative estimate of drug-likeness (QED) is 0.281. The molecule has 0 fully saturated rings. The van der Waals surface area contributed by atoms with Gasteiger partial charge in [-0.15, -0.1) is 0 Å². The molecule has 0 bridgehead atoms. The van der Waals surface area contributed by atoms with Crippen LogP contribution in [0.5, 0.6) is 0 Å². The smallest absolute Gasteiger partial charge is 0.324 e. The highest BCUT2D eigenvalue weighted by atomic mass is 32.2. The number of unbranched alkanes of at least 4 members (excludes halogenated alkanes) is 8. The number of hydrogen-bond acceptors (Lipinski definition) is 4. The summed E-state index contributed by atoms with van der Waals surface area (Å²) in [6, 6.07) is 0. The van der Waals surface area contributed by atoms with Gasteiger partial charge in [0.2, 0.25) is 0 Å². The third-order valence-corrected chi connectivity index (χ3v) is 6.15. The molecule has 0 radical (unpaired) electrons. The summed E-state index contributed by atoms with van der Waals surface area (Å²) in [5, 5.41) is -0.619. The van der Waals surface area contributed by atoms with Gasteiger partial charge in [-0.25, -0.2) is 0 Å². The molecule has 0 heterocycles. The Hall–Kier alpha value is -0.580. The molecule has 0 amide bonds. The van der Waals surface area contributed by atoms with Crippen molar-refractivity contribution in [2.24, 2.45) is 5.92 Å². The van der Waals surface area contributed by atoms with Crippen LogP contribution in [-0.4, -0.2) is 19.6 Å². The summed E-state index contributed by atoms with van der Waals surface area (Å²) in [7, 11) is -3.77. The maximum Gasteiger partial charge on any atom is 0.324 e. The first kappa shape index (κ1) is 23.4. The van der Waals surface area contributed by atoms with Crippen molar-refractivity contribution >= 4 is 16.1 Å². The molecule has 0 aromatic carbocycles. The average Bonchev–Trinajstić information content (AvgIpc) is 2.52. The third-order valence-electron chi connectivity index (χ3n) is 4.53. The molecule has 144 valence electrons. The van der Waals surface area contributed by atoms with E-state index in [0.717, 1.165) is 19.3 Å². The van der Waals surface area contributed by atoms with E-state index in [2.05, 4.69) is 6.92 Å². The topological polar surface area (TPSA) is 60.4 Å². The van der Waals surface area contributed by atoms with Crippen LogP contribution in [0.1, 0.15) is 105 Å². The highest BCUT2D eigenvalue weighted by Crippen LogP contribution is 2.17. The normalized spacial score (nSPS) is 14.3. The first-order valence-corrected chi connectivity index (χ1v) is 11.3. The lowest BCUT2D eigenvalue weighted by Gasteiger charge is -2.14. The van der Waals surface area contributed by atoms with Crippen LogP contribution in [0, 0.1) is 5.92 Å². The first-order chi connectivity index (χ1) is 11.3. The first-order valence-electron chi connectivity index (χ1n) is 9.82. The zero-order valence-electron chi connectivity index (χ0n) is 16.2. The Labute approximate surface area is 149 Å². The van der Waals surface area contributed by atoms with E-state index in [1.54, 1.807) is 13.8 Å². The summed E-state index contributed by atoms with van der Waals surface area (Å²) in [5.74, 6) is -0.948. The van der Waals surface area contributed by atoms with Crippen molar-refractivity contribution in [3.63, 3.8) is 0 Å². The summed E-state index contributed by atoms with van der Waals surface area (Å²) in [6.45, 7) is 7.49. The van der Waals surface area contributed by atoms with Crippen molar-refractivity contribution < 1.29 is 17.4 Å².